The normalized spacial score (nSPS) is 21.8. The van der Waals surface area contributed by atoms with Crippen molar-refractivity contribution >= 4 is 5.91 Å². The van der Waals surface area contributed by atoms with Crippen LogP contribution in [0.4, 0.5) is 0 Å². The molecule has 1 aliphatic rings. The summed E-state index contributed by atoms with van der Waals surface area (Å²) in [6, 6.07) is -0.822. The van der Waals surface area contributed by atoms with Gasteiger partial charge < -0.3 is 40.3 Å². The number of carbonyl (C=O) groups excluding carboxylic acids is 1. The van der Waals surface area contributed by atoms with E-state index in [4.69, 9.17) is 9.47 Å². The number of unbranched alkanes of at least 4 members (excludes halogenated alkanes) is 23. The highest BCUT2D eigenvalue weighted by Gasteiger charge is 2.44. The number of rotatable bonds is 36. The Morgan fingerprint density at radius 1 is 0.648 bits per heavy atom. The van der Waals surface area contributed by atoms with Crippen molar-refractivity contribution in [2.45, 2.75) is 230 Å². The fourth-order valence-corrected chi connectivity index (χ4v) is 6.96. The number of carbonyl (C=O) groups is 1. The first-order chi connectivity index (χ1) is 26.3. The fourth-order valence-electron chi connectivity index (χ4n) is 6.96. The molecule has 0 aromatic heterocycles. The van der Waals surface area contributed by atoms with Crippen molar-refractivity contribution in [1.82, 2.24) is 5.32 Å². The molecule has 0 aromatic rings. The van der Waals surface area contributed by atoms with E-state index in [1.165, 1.54) is 122 Å². The van der Waals surface area contributed by atoms with Crippen LogP contribution in [0.15, 0.2) is 36.5 Å². The Hall–Kier alpha value is -1.59. The number of allylic oxidation sites excluding steroid dienone is 5. The van der Waals surface area contributed by atoms with Gasteiger partial charge in [-0.2, -0.15) is 0 Å². The smallest absolute Gasteiger partial charge is 0.220 e. The SMILES string of the molecule is C/C=C/CC/C=C/CC/C=C/C(O)C(COC1OC(CO)C(O)C(O)C1O)NC(=O)CCCCCCCCCCCCCCCCCCCCCCCC. The van der Waals surface area contributed by atoms with E-state index in [2.05, 4.69) is 30.5 Å². The summed E-state index contributed by atoms with van der Waals surface area (Å²) in [5, 5.41) is 53.9. The van der Waals surface area contributed by atoms with Crippen molar-refractivity contribution in [2.24, 2.45) is 0 Å². The van der Waals surface area contributed by atoms with Crippen LogP contribution in [-0.2, 0) is 14.3 Å². The predicted octanol–water partition coefficient (Wildman–Crippen LogP) is 8.89. The molecule has 1 saturated heterocycles. The molecule has 9 nitrogen and oxygen atoms in total. The summed E-state index contributed by atoms with van der Waals surface area (Å²) in [5.41, 5.74) is 0. The first-order valence-corrected chi connectivity index (χ1v) is 22.2. The number of hydrogen-bond donors (Lipinski definition) is 6. The zero-order valence-corrected chi connectivity index (χ0v) is 34.5. The van der Waals surface area contributed by atoms with Gasteiger partial charge in [0.2, 0.25) is 5.91 Å². The molecule has 0 spiro atoms. The van der Waals surface area contributed by atoms with Gasteiger partial charge in [0.05, 0.1) is 25.4 Å². The lowest BCUT2D eigenvalue weighted by Crippen LogP contribution is -2.60. The molecule has 7 unspecified atom stereocenters. The Morgan fingerprint density at radius 2 is 1.09 bits per heavy atom. The largest absolute Gasteiger partial charge is 0.394 e. The Balaban J connectivity index is 2.25. The van der Waals surface area contributed by atoms with Crippen molar-refractivity contribution in [1.29, 1.82) is 0 Å². The summed E-state index contributed by atoms with van der Waals surface area (Å²) in [5.74, 6) is -0.193. The molecule has 316 valence electrons. The third kappa shape index (κ3) is 26.3. The Morgan fingerprint density at radius 3 is 1.56 bits per heavy atom. The van der Waals surface area contributed by atoms with Gasteiger partial charge in [0.15, 0.2) is 6.29 Å². The topological polar surface area (TPSA) is 149 Å². The Bertz CT molecular complexity index is 941. The first kappa shape index (κ1) is 50.4. The fraction of sp³-hybridized carbons (Fsp3) is 0.844. The molecular formula is C45H83NO8. The number of ether oxygens (including phenoxy) is 2. The number of hydrogen-bond acceptors (Lipinski definition) is 8. The van der Waals surface area contributed by atoms with Gasteiger partial charge in [0, 0.05) is 6.42 Å². The van der Waals surface area contributed by atoms with Crippen LogP contribution in [0.5, 0.6) is 0 Å². The highest BCUT2D eigenvalue weighted by Crippen LogP contribution is 2.22. The lowest BCUT2D eigenvalue weighted by molar-refractivity contribution is -0.302. The first-order valence-electron chi connectivity index (χ1n) is 22.2. The number of aliphatic hydroxyl groups excluding tert-OH is 5. The van der Waals surface area contributed by atoms with Crippen molar-refractivity contribution in [2.75, 3.05) is 13.2 Å². The maximum atomic E-state index is 12.9. The van der Waals surface area contributed by atoms with E-state index in [0.717, 1.165) is 44.9 Å². The molecule has 0 aliphatic carbocycles. The van der Waals surface area contributed by atoms with Crippen molar-refractivity contribution in [3.63, 3.8) is 0 Å². The third-order valence-electron chi connectivity index (χ3n) is 10.5. The van der Waals surface area contributed by atoms with Gasteiger partial charge in [-0.25, -0.2) is 0 Å². The van der Waals surface area contributed by atoms with Gasteiger partial charge in [-0.1, -0.05) is 178 Å². The van der Waals surface area contributed by atoms with E-state index in [9.17, 15) is 30.3 Å². The summed E-state index contributed by atoms with van der Waals surface area (Å²) in [6.45, 7) is 3.51. The van der Waals surface area contributed by atoms with Gasteiger partial charge in [-0.3, -0.25) is 4.79 Å². The number of aliphatic hydroxyl groups is 5. The highest BCUT2D eigenvalue weighted by atomic mass is 16.7. The summed E-state index contributed by atoms with van der Waals surface area (Å²) in [4.78, 5) is 12.9. The second kappa shape index (κ2) is 35.8. The van der Waals surface area contributed by atoms with E-state index in [1.54, 1.807) is 6.08 Å². The molecule has 0 aromatic carbocycles. The van der Waals surface area contributed by atoms with Gasteiger partial charge in [-0.05, 0) is 39.0 Å². The van der Waals surface area contributed by atoms with Crippen molar-refractivity contribution < 1.29 is 39.8 Å². The van der Waals surface area contributed by atoms with Gasteiger partial charge in [0.25, 0.3) is 0 Å². The van der Waals surface area contributed by atoms with Crippen LogP contribution < -0.4 is 5.32 Å². The Labute approximate surface area is 330 Å². The van der Waals surface area contributed by atoms with E-state index in [-0.39, 0.29) is 12.5 Å². The van der Waals surface area contributed by atoms with Crippen molar-refractivity contribution in [3.05, 3.63) is 36.5 Å². The second-order valence-electron chi connectivity index (χ2n) is 15.5. The van der Waals surface area contributed by atoms with Crippen LogP contribution in [-0.4, -0.2) is 87.5 Å². The molecule has 0 saturated carbocycles. The molecule has 9 heteroatoms. The standard InChI is InChI=1S/C45H83NO8/c1-3-5-7-9-11-13-14-15-16-17-18-19-20-21-22-23-24-25-27-29-31-33-35-41(49)46-38(39(48)34-32-30-28-26-12-10-8-6-4-2)37-53-45-44(52)43(51)42(50)40(36-47)54-45/h4,6,12,26,32,34,38-40,42-45,47-48,50-52H,3,5,7-11,13-25,27-31,33,35-37H2,1-2H3,(H,46,49)/b6-4+,26-12+,34-32+. The van der Waals surface area contributed by atoms with E-state index in [1.807, 2.05) is 19.1 Å². The second-order valence-corrected chi connectivity index (χ2v) is 15.5. The molecule has 6 N–H and O–H groups in total. The summed E-state index contributed by atoms with van der Waals surface area (Å²) in [7, 11) is 0. The monoisotopic (exact) mass is 766 g/mol. The molecule has 0 radical (unpaired) electrons. The zero-order chi connectivity index (χ0) is 39.5. The maximum Gasteiger partial charge on any atom is 0.220 e. The van der Waals surface area contributed by atoms with Gasteiger partial charge in [-0.15, -0.1) is 0 Å². The van der Waals surface area contributed by atoms with E-state index >= 15 is 0 Å². The average Bonchev–Trinajstić information content (AvgIpc) is 3.17. The number of amides is 1. The van der Waals surface area contributed by atoms with Gasteiger partial charge in [0.1, 0.15) is 24.4 Å². The van der Waals surface area contributed by atoms with Crippen LogP contribution in [0.2, 0.25) is 0 Å². The quantitative estimate of drug-likeness (QED) is 0.0274. The lowest BCUT2D eigenvalue weighted by Gasteiger charge is -2.40. The average molecular weight is 766 g/mol. The van der Waals surface area contributed by atoms with Crippen molar-refractivity contribution in [3.8, 4) is 0 Å². The molecule has 1 aliphatic heterocycles. The molecular weight excluding hydrogens is 682 g/mol. The Kier molecular flexibility index (Phi) is 33.4. The molecule has 7 atom stereocenters. The molecule has 1 amide bonds. The molecule has 1 heterocycles. The zero-order valence-electron chi connectivity index (χ0n) is 34.5. The van der Waals surface area contributed by atoms with Crippen LogP contribution in [0, 0.1) is 0 Å². The summed E-state index contributed by atoms with van der Waals surface area (Å²) in [6.07, 6.45) is 36.6. The van der Waals surface area contributed by atoms with Crippen LogP contribution >= 0.6 is 0 Å². The predicted molar refractivity (Wildman–Crippen MR) is 221 cm³/mol. The van der Waals surface area contributed by atoms with Crippen LogP contribution in [0.25, 0.3) is 0 Å². The minimum absolute atomic E-state index is 0.193. The molecule has 0 bridgehead atoms. The molecule has 54 heavy (non-hydrogen) atoms. The number of nitrogens with one attached hydrogen (secondary N) is 1. The van der Waals surface area contributed by atoms with Crippen LogP contribution in [0.1, 0.15) is 187 Å². The maximum absolute atomic E-state index is 12.9. The minimum atomic E-state index is -1.57. The highest BCUT2D eigenvalue weighted by molar-refractivity contribution is 5.76. The summed E-state index contributed by atoms with van der Waals surface area (Å²) >= 11 is 0. The third-order valence-corrected chi connectivity index (χ3v) is 10.5. The van der Waals surface area contributed by atoms with E-state index < -0.39 is 49.5 Å². The summed E-state index contributed by atoms with van der Waals surface area (Å²) < 4.78 is 11.1. The lowest BCUT2D eigenvalue weighted by atomic mass is 9.99. The minimum Gasteiger partial charge on any atom is -0.394 e. The molecule has 1 rings (SSSR count). The van der Waals surface area contributed by atoms with Crippen LogP contribution in [0.3, 0.4) is 0 Å². The van der Waals surface area contributed by atoms with Gasteiger partial charge >= 0.3 is 0 Å². The molecule has 1 fully saturated rings. The van der Waals surface area contributed by atoms with E-state index in [0.29, 0.717) is 6.42 Å².